The maximum Gasteiger partial charge on any atom is 0.232 e. The number of hydrogen-bond acceptors (Lipinski definition) is 3. The Balaban J connectivity index is 1.95. The zero-order chi connectivity index (χ0) is 20.6. The van der Waals surface area contributed by atoms with E-state index in [-0.39, 0.29) is 24.9 Å². The van der Waals surface area contributed by atoms with Crippen molar-refractivity contribution in [2.24, 2.45) is 0 Å². The van der Waals surface area contributed by atoms with Crippen molar-refractivity contribution in [1.82, 2.24) is 5.32 Å². The highest BCUT2D eigenvalue weighted by Gasteiger charge is 2.18. The monoisotopic (exact) mass is 402 g/mol. The second kappa shape index (κ2) is 10.3. The van der Waals surface area contributed by atoms with Crippen molar-refractivity contribution >= 4 is 21.6 Å². The molecule has 0 aliphatic heterocycles. The van der Waals surface area contributed by atoms with Crippen molar-refractivity contribution in [3.05, 3.63) is 65.7 Å². The van der Waals surface area contributed by atoms with Crippen LogP contribution in [-0.4, -0.2) is 27.1 Å². The first-order chi connectivity index (χ1) is 13.3. The van der Waals surface area contributed by atoms with Crippen molar-refractivity contribution in [3.8, 4) is 0 Å². The number of amides is 1. The molecule has 5 nitrogen and oxygen atoms in total. The molecule has 6 heteroatoms. The fourth-order valence-corrected chi connectivity index (χ4v) is 4.11. The summed E-state index contributed by atoms with van der Waals surface area (Å²) in [4.78, 5) is 12.4. The number of hydrogen-bond donors (Lipinski definition) is 1. The molecule has 152 valence electrons. The van der Waals surface area contributed by atoms with Gasteiger partial charge >= 0.3 is 0 Å². The Morgan fingerprint density at radius 2 is 1.68 bits per heavy atom. The topological polar surface area (TPSA) is 66.5 Å². The largest absolute Gasteiger partial charge is 0.349 e. The molecule has 0 spiro atoms. The van der Waals surface area contributed by atoms with Gasteiger partial charge in [-0.2, -0.15) is 0 Å². The van der Waals surface area contributed by atoms with E-state index < -0.39 is 10.0 Å². The summed E-state index contributed by atoms with van der Waals surface area (Å²) < 4.78 is 25.8. The highest BCUT2D eigenvalue weighted by Crippen LogP contribution is 2.20. The van der Waals surface area contributed by atoms with E-state index in [1.807, 2.05) is 61.5 Å². The molecule has 0 radical (unpaired) electrons. The van der Waals surface area contributed by atoms with Crippen LogP contribution in [-0.2, 0) is 21.2 Å². The predicted molar refractivity (Wildman–Crippen MR) is 115 cm³/mol. The average Bonchev–Trinajstić information content (AvgIpc) is 2.69. The molecule has 0 saturated carbocycles. The first kappa shape index (κ1) is 22.0. The van der Waals surface area contributed by atoms with Gasteiger partial charge in [0.2, 0.25) is 15.9 Å². The number of anilines is 1. The number of rotatable bonds is 10. The van der Waals surface area contributed by atoms with E-state index in [1.54, 1.807) is 0 Å². The van der Waals surface area contributed by atoms with Crippen molar-refractivity contribution in [2.75, 3.05) is 17.1 Å². The third-order valence-electron chi connectivity index (χ3n) is 4.74. The minimum absolute atomic E-state index is 0.0266. The Labute approximate surface area is 168 Å². The normalized spacial score (nSPS) is 12.4. The van der Waals surface area contributed by atoms with Crippen LogP contribution in [0, 0.1) is 0 Å². The lowest BCUT2D eigenvalue weighted by Crippen LogP contribution is -2.33. The molecule has 0 saturated heterocycles. The lowest BCUT2D eigenvalue weighted by Gasteiger charge is -2.23. The molecule has 2 rings (SSSR count). The van der Waals surface area contributed by atoms with Crippen LogP contribution < -0.4 is 9.62 Å². The fraction of sp³-hybridized carbons (Fsp3) is 0.409. The zero-order valence-corrected chi connectivity index (χ0v) is 17.7. The summed E-state index contributed by atoms with van der Waals surface area (Å²) in [6.07, 6.45) is 3.64. The second-order valence-electron chi connectivity index (χ2n) is 6.90. The first-order valence-corrected chi connectivity index (χ1v) is 11.6. The van der Waals surface area contributed by atoms with Crippen molar-refractivity contribution < 1.29 is 13.2 Å². The Kier molecular flexibility index (Phi) is 8.05. The quantitative estimate of drug-likeness (QED) is 0.652. The van der Waals surface area contributed by atoms with Crippen LogP contribution in [0.2, 0.25) is 0 Å². The summed E-state index contributed by atoms with van der Waals surface area (Å²) in [7, 11) is -3.40. The van der Waals surface area contributed by atoms with Gasteiger partial charge in [-0.25, -0.2) is 8.42 Å². The van der Waals surface area contributed by atoms with Gasteiger partial charge in [0.05, 0.1) is 18.0 Å². The van der Waals surface area contributed by atoms with Crippen molar-refractivity contribution in [1.29, 1.82) is 0 Å². The number of sulfonamides is 1. The molecule has 0 fully saturated rings. The van der Waals surface area contributed by atoms with Gasteiger partial charge in [-0.1, -0.05) is 56.3 Å². The molecule has 1 unspecified atom stereocenters. The molecule has 28 heavy (non-hydrogen) atoms. The third kappa shape index (κ3) is 6.37. The summed E-state index contributed by atoms with van der Waals surface area (Å²) in [5.41, 5.74) is 2.87. The van der Waals surface area contributed by atoms with E-state index in [4.69, 9.17) is 0 Å². The van der Waals surface area contributed by atoms with Gasteiger partial charge in [-0.05, 0) is 42.5 Å². The van der Waals surface area contributed by atoms with Gasteiger partial charge in [-0.3, -0.25) is 9.10 Å². The van der Waals surface area contributed by atoms with Crippen LogP contribution in [0.4, 0.5) is 5.69 Å². The Morgan fingerprint density at radius 3 is 2.21 bits per heavy atom. The lowest BCUT2D eigenvalue weighted by atomic mass is 10.0. The number of carbonyl (C=O) groups excluding carboxylic acids is 1. The first-order valence-electron chi connectivity index (χ1n) is 9.76. The Hall–Kier alpha value is -2.34. The maximum atomic E-state index is 12.4. The summed E-state index contributed by atoms with van der Waals surface area (Å²) in [6, 6.07) is 17.4. The van der Waals surface area contributed by atoms with E-state index in [9.17, 15) is 13.2 Å². The van der Waals surface area contributed by atoms with Gasteiger partial charge < -0.3 is 5.32 Å². The number of carbonyl (C=O) groups is 1. The Morgan fingerprint density at radius 1 is 1.04 bits per heavy atom. The van der Waals surface area contributed by atoms with Gasteiger partial charge in [0, 0.05) is 13.0 Å². The predicted octanol–water partition coefficient (Wildman–Crippen LogP) is 4.06. The van der Waals surface area contributed by atoms with E-state index in [0.29, 0.717) is 12.1 Å². The average molecular weight is 403 g/mol. The van der Waals surface area contributed by atoms with Gasteiger partial charge in [0.25, 0.3) is 0 Å². The summed E-state index contributed by atoms with van der Waals surface area (Å²) in [5.74, 6) is -0.0644. The molecule has 1 amide bonds. The van der Waals surface area contributed by atoms with E-state index in [0.717, 1.165) is 24.0 Å². The van der Waals surface area contributed by atoms with Crippen LogP contribution in [0.25, 0.3) is 0 Å². The number of aryl methyl sites for hydroxylation is 1. The molecular formula is C22H30N2O3S. The minimum Gasteiger partial charge on any atom is -0.349 e. The number of benzene rings is 2. The van der Waals surface area contributed by atoms with Crippen molar-refractivity contribution in [2.45, 2.75) is 45.6 Å². The summed E-state index contributed by atoms with van der Waals surface area (Å²) in [5, 5.41) is 3.04. The molecule has 0 heterocycles. The van der Waals surface area contributed by atoms with Gasteiger partial charge in [0.15, 0.2) is 0 Å². The number of nitrogens with one attached hydrogen (secondary N) is 1. The molecular weight excluding hydrogens is 372 g/mol. The SMILES string of the molecule is CCc1ccc(N(CCCC(=O)NC(CC)c2ccccc2)S(C)(=O)=O)cc1. The third-order valence-corrected chi connectivity index (χ3v) is 5.94. The minimum atomic E-state index is -3.40. The standard InChI is InChI=1S/C22H30N2O3S/c1-4-18-13-15-20(16-14-18)24(28(3,26)27)17-9-12-22(25)23-21(5-2)19-10-7-6-8-11-19/h6-8,10-11,13-16,21H,4-5,9,12,17H2,1-3H3,(H,23,25). The summed E-state index contributed by atoms with van der Waals surface area (Å²) in [6.45, 7) is 4.37. The molecule has 1 N–H and O–H groups in total. The van der Waals surface area contributed by atoms with E-state index in [2.05, 4.69) is 12.2 Å². The molecule has 1 atom stereocenters. The molecule has 2 aromatic rings. The number of nitrogens with zero attached hydrogens (tertiary/aromatic N) is 1. The van der Waals surface area contributed by atoms with Gasteiger partial charge in [0.1, 0.15) is 0 Å². The van der Waals surface area contributed by atoms with Gasteiger partial charge in [-0.15, -0.1) is 0 Å². The smallest absolute Gasteiger partial charge is 0.232 e. The molecule has 0 bridgehead atoms. The highest BCUT2D eigenvalue weighted by molar-refractivity contribution is 7.92. The van der Waals surface area contributed by atoms with Crippen LogP contribution in [0.1, 0.15) is 50.3 Å². The zero-order valence-electron chi connectivity index (χ0n) is 16.9. The summed E-state index contributed by atoms with van der Waals surface area (Å²) >= 11 is 0. The van der Waals surface area contributed by atoms with E-state index in [1.165, 1.54) is 10.6 Å². The maximum absolute atomic E-state index is 12.4. The molecule has 0 aliphatic rings. The molecule has 0 aromatic heterocycles. The van der Waals surface area contributed by atoms with Crippen molar-refractivity contribution in [3.63, 3.8) is 0 Å². The highest BCUT2D eigenvalue weighted by atomic mass is 32.2. The lowest BCUT2D eigenvalue weighted by molar-refractivity contribution is -0.121. The fourth-order valence-electron chi connectivity index (χ4n) is 3.14. The van der Waals surface area contributed by atoms with E-state index >= 15 is 0 Å². The van der Waals surface area contributed by atoms with Crippen LogP contribution in [0.3, 0.4) is 0 Å². The van der Waals surface area contributed by atoms with Crippen LogP contribution in [0.15, 0.2) is 54.6 Å². The second-order valence-corrected chi connectivity index (χ2v) is 8.80. The van der Waals surface area contributed by atoms with Crippen LogP contribution in [0.5, 0.6) is 0 Å². The van der Waals surface area contributed by atoms with Crippen LogP contribution >= 0.6 is 0 Å². The Bertz CT molecular complexity index is 849. The molecule has 2 aromatic carbocycles. The molecule has 0 aliphatic carbocycles.